The van der Waals surface area contributed by atoms with Gasteiger partial charge >= 0.3 is 6.09 Å². The number of amides is 2. The Labute approximate surface area is 134 Å². The smallest absolute Gasteiger partial charge is 0.405 e. The number of ether oxygens (including phenoxy) is 2. The van der Waals surface area contributed by atoms with Crippen LogP contribution in [0.25, 0.3) is 0 Å². The van der Waals surface area contributed by atoms with Crippen molar-refractivity contribution >= 4 is 34.3 Å². The number of rotatable bonds is 7. The van der Waals surface area contributed by atoms with Crippen molar-refractivity contribution in [1.82, 2.24) is 0 Å². The number of anilines is 2. The average Bonchev–Trinajstić information content (AvgIpc) is 2.51. The Morgan fingerprint density at radius 3 is 2.65 bits per heavy atom. The summed E-state index contributed by atoms with van der Waals surface area (Å²) in [4.78, 5) is 22.4. The van der Waals surface area contributed by atoms with Crippen molar-refractivity contribution in [2.75, 3.05) is 29.9 Å². The molecular formula is C13H15N3O6S. The topological polar surface area (TPSA) is 128 Å². The number of hydrogen-bond donors (Lipinski definition) is 3. The second-order valence-corrected chi connectivity index (χ2v) is 4.87. The van der Waals surface area contributed by atoms with Gasteiger partial charge in [-0.25, -0.2) is 17.5 Å². The molecule has 0 aliphatic carbocycles. The fraction of sp³-hybridized carbons (Fsp3) is 0.231. The summed E-state index contributed by atoms with van der Waals surface area (Å²) in [5, 5.41) is 2.88. The fourth-order valence-corrected chi connectivity index (χ4v) is 2.18. The van der Waals surface area contributed by atoms with Crippen molar-refractivity contribution in [3.05, 3.63) is 18.2 Å². The maximum absolute atomic E-state index is 11.9. The fourth-order valence-electron chi connectivity index (χ4n) is 1.63. The van der Waals surface area contributed by atoms with Crippen LogP contribution in [-0.4, -0.2) is 40.7 Å². The van der Waals surface area contributed by atoms with E-state index in [9.17, 15) is 18.0 Å². The van der Waals surface area contributed by atoms with E-state index in [4.69, 9.17) is 16.9 Å². The number of terminal acetylenes is 1. The number of nitrogens with one attached hydrogen (secondary N) is 1. The number of carbonyl (C=O) groups excluding carboxylic acids is 2. The molecule has 0 bridgehead atoms. The molecule has 1 aromatic carbocycles. The zero-order valence-corrected chi connectivity index (χ0v) is 13.0. The van der Waals surface area contributed by atoms with E-state index < -0.39 is 29.5 Å². The van der Waals surface area contributed by atoms with Crippen LogP contribution in [0.1, 0.15) is 0 Å². The Morgan fingerprint density at radius 2 is 2.13 bits per heavy atom. The molecule has 0 aromatic heterocycles. The van der Waals surface area contributed by atoms with E-state index in [0.717, 1.165) is 0 Å². The molecule has 0 atom stereocenters. The minimum atomic E-state index is -3.31. The van der Waals surface area contributed by atoms with Crippen LogP contribution in [0.5, 0.6) is 5.75 Å². The summed E-state index contributed by atoms with van der Waals surface area (Å²) in [7, 11) is -1.93. The molecule has 1 rings (SSSR count). The summed E-state index contributed by atoms with van der Waals surface area (Å²) in [6.07, 6.45) is 3.96. The predicted molar refractivity (Wildman–Crippen MR) is 83.7 cm³/mol. The van der Waals surface area contributed by atoms with E-state index in [1.165, 1.54) is 25.3 Å². The molecule has 23 heavy (non-hydrogen) atoms. The zero-order chi connectivity index (χ0) is 17.4. The van der Waals surface area contributed by atoms with E-state index >= 15 is 0 Å². The third-order valence-corrected chi connectivity index (χ3v) is 3.33. The normalized spacial score (nSPS) is 9.78. The molecule has 0 fully saturated rings. The Morgan fingerprint density at radius 1 is 1.43 bits per heavy atom. The molecule has 0 aliphatic heterocycles. The number of nitrogens with two attached hydrogens (primary N) is 1. The summed E-state index contributed by atoms with van der Waals surface area (Å²) < 4.78 is 32.5. The van der Waals surface area contributed by atoms with Crippen LogP contribution in [0.3, 0.4) is 0 Å². The van der Waals surface area contributed by atoms with Crippen molar-refractivity contribution in [2.45, 2.75) is 0 Å². The second-order valence-electron chi connectivity index (χ2n) is 3.99. The molecule has 0 radical (unpaired) electrons. The lowest BCUT2D eigenvalue weighted by Crippen LogP contribution is -2.34. The Hall–Kier alpha value is -2.93. The first-order valence-electron chi connectivity index (χ1n) is 6.15. The van der Waals surface area contributed by atoms with Gasteiger partial charge in [-0.1, -0.05) is 5.92 Å². The third-order valence-electron chi connectivity index (χ3n) is 2.55. The third kappa shape index (κ3) is 5.08. The Balaban J connectivity index is 3.11. The lowest BCUT2D eigenvalue weighted by atomic mass is 10.2. The molecule has 0 spiro atoms. The molecule has 0 aliphatic rings. The van der Waals surface area contributed by atoms with E-state index in [2.05, 4.69) is 16.0 Å². The Bertz CT molecular complexity index is 702. The van der Waals surface area contributed by atoms with Gasteiger partial charge in [-0.3, -0.25) is 4.79 Å². The van der Waals surface area contributed by atoms with Gasteiger partial charge in [-0.15, -0.1) is 6.42 Å². The lowest BCUT2D eigenvalue weighted by Gasteiger charge is -2.18. The van der Waals surface area contributed by atoms with Gasteiger partial charge in [0.25, 0.3) is 5.91 Å². The molecule has 2 amide bonds. The highest BCUT2D eigenvalue weighted by Crippen LogP contribution is 2.30. The van der Waals surface area contributed by atoms with Gasteiger partial charge in [-0.05, 0) is 12.1 Å². The van der Waals surface area contributed by atoms with Gasteiger partial charge < -0.3 is 20.5 Å². The van der Waals surface area contributed by atoms with E-state index in [1.807, 2.05) is 0 Å². The molecule has 1 aromatic rings. The highest BCUT2D eigenvalue weighted by Gasteiger charge is 2.21. The van der Waals surface area contributed by atoms with E-state index in [-0.39, 0.29) is 18.0 Å². The number of carbonyl (C=O) groups is 2. The predicted octanol–water partition coefficient (Wildman–Crippen LogP) is -0.305. The summed E-state index contributed by atoms with van der Waals surface area (Å²) in [6, 6.07) is 4.19. The molecule has 10 heteroatoms. The molecular weight excluding hydrogens is 326 g/mol. The quantitative estimate of drug-likeness (QED) is 0.458. The van der Waals surface area contributed by atoms with Crippen LogP contribution in [-0.2, 0) is 20.4 Å². The van der Waals surface area contributed by atoms with Gasteiger partial charge in [-0.2, -0.15) is 0 Å². The summed E-state index contributed by atoms with van der Waals surface area (Å²) >= 11 is 0. The van der Waals surface area contributed by atoms with Crippen molar-refractivity contribution < 1.29 is 27.5 Å². The summed E-state index contributed by atoms with van der Waals surface area (Å²) in [5.41, 5.74) is 5.28. The van der Waals surface area contributed by atoms with E-state index in [0.29, 0.717) is 9.99 Å². The maximum Gasteiger partial charge on any atom is 0.405 e. The molecule has 0 saturated heterocycles. The lowest BCUT2D eigenvalue weighted by molar-refractivity contribution is -0.120. The van der Waals surface area contributed by atoms with Gasteiger partial charge in [0.05, 0.1) is 25.0 Å². The van der Waals surface area contributed by atoms with Gasteiger partial charge in [0.1, 0.15) is 5.75 Å². The van der Waals surface area contributed by atoms with Crippen molar-refractivity contribution in [3.63, 3.8) is 0 Å². The van der Waals surface area contributed by atoms with Crippen molar-refractivity contribution in [1.29, 1.82) is 0 Å². The molecule has 9 nitrogen and oxygen atoms in total. The highest BCUT2D eigenvalue weighted by atomic mass is 32.2. The number of nitrogens with zero attached hydrogens (tertiary/aromatic N) is 1. The molecule has 3 N–H and O–H groups in total. The number of primary amides is 1. The summed E-state index contributed by atoms with van der Waals surface area (Å²) in [5.74, 6) is 1.68. The number of methoxy groups -OCH3 is 1. The first-order valence-corrected chi connectivity index (χ1v) is 7.28. The van der Waals surface area contributed by atoms with Gasteiger partial charge in [0.15, 0.2) is 6.61 Å². The van der Waals surface area contributed by atoms with Gasteiger partial charge in [0.2, 0.25) is 10.9 Å². The molecule has 0 heterocycles. The SMILES string of the molecule is C#CCNc1ccc(N(C(=O)COC(N)=O)[SH](=O)=O)cc1OC. The number of thiol groups is 1. The van der Waals surface area contributed by atoms with Crippen LogP contribution >= 0.6 is 0 Å². The molecule has 124 valence electrons. The maximum atomic E-state index is 11.9. The van der Waals surface area contributed by atoms with Crippen LogP contribution in [0, 0.1) is 12.3 Å². The first-order chi connectivity index (χ1) is 10.9. The molecule has 0 unspecified atom stereocenters. The monoisotopic (exact) mass is 341 g/mol. The number of benzene rings is 1. The highest BCUT2D eigenvalue weighted by molar-refractivity contribution is 7.75. The minimum absolute atomic E-state index is 0.0160. The Kier molecular flexibility index (Phi) is 6.69. The number of hydrogen-bond acceptors (Lipinski definition) is 7. The van der Waals surface area contributed by atoms with Crippen LogP contribution < -0.4 is 20.1 Å². The zero-order valence-electron chi connectivity index (χ0n) is 12.1. The van der Waals surface area contributed by atoms with Crippen LogP contribution in [0.4, 0.5) is 16.2 Å². The van der Waals surface area contributed by atoms with Crippen molar-refractivity contribution in [3.8, 4) is 18.1 Å². The van der Waals surface area contributed by atoms with Crippen LogP contribution in [0.2, 0.25) is 0 Å². The summed E-state index contributed by atoms with van der Waals surface area (Å²) in [6.45, 7) is -0.571. The van der Waals surface area contributed by atoms with Crippen LogP contribution in [0.15, 0.2) is 18.2 Å². The minimum Gasteiger partial charge on any atom is -0.495 e. The molecule has 0 saturated carbocycles. The van der Waals surface area contributed by atoms with Gasteiger partial charge in [0, 0.05) is 6.07 Å². The first kappa shape index (κ1) is 18.1. The average molecular weight is 341 g/mol. The van der Waals surface area contributed by atoms with Crippen molar-refractivity contribution in [2.24, 2.45) is 5.73 Å². The van der Waals surface area contributed by atoms with E-state index in [1.54, 1.807) is 0 Å². The largest absolute Gasteiger partial charge is 0.495 e. The second kappa shape index (κ2) is 8.50. The standard InChI is InChI=1S/C13H15N3O6S/c1-3-6-15-10-5-4-9(7-11(10)21-2)16(23(19)20)12(17)8-22-13(14)18/h1,4-5,7,15,23H,6,8H2,2H3,(H2,14,18).